The highest BCUT2D eigenvalue weighted by molar-refractivity contribution is 6.31. The number of rotatable bonds is 6. The molecule has 0 unspecified atom stereocenters. The first kappa shape index (κ1) is 19.9. The lowest BCUT2D eigenvalue weighted by Crippen LogP contribution is -2.23. The van der Waals surface area contributed by atoms with E-state index in [1.807, 2.05) is 79.7 Å². The average Bonchev–Trinajstić information content (AvgIpc) is 2.77. The van der Waals surface area contributed by atoms with Gasteiger partial charge in [0.2, 0.25) is 5.88 Å². The van der Waals surface area contributed by atoms with Crippen LogP contribution >= 0.6 is 11.6 Å². The van der Waals surface area contributed by atoms with Crippen LogP contribution < -0.4 is 10.1 Å². The summed E-state index contributed by atoms with van der Waals surface area (Å²) in [5.74, 6) is 0.214. The number of aromatic nitrogens is 1. The fourth-order valence-electron chi connectivity index (χ4n) is 3.17. The summed E-state index contributed by atoms with van der Waals surface area (Å²) in [6.07, 6.45) is 0. The minimum Gasteiger partial charge on any atom is -0.473 e. The highest BCUT2D eigenvalue weighted by Crippen LogP contribution is 2.23. The van der Waals surface area contributed by atoms with Crippen LogP contribution in [0.3, 0.4) is 0 Å². The lowest BCUT2D eigenvalue weighted by atomic mass is 10.1. The van der Waals surface area contributed by atoms with Crippen molar-refractivity contribution in [3.63, 3.8) is 0 Å². The number of fused-ring (bicyclic) bond motifs is 1. The van der Waals surface area contributed by atoms with Crippen LogP contribution in [0, 0.1) is 6.92 Å². The van der Waals surface area contributed by atoms with E-state index in [1.54, 1.807) is 6.07 Å². The summed E-state index contributed by atoms with van der Waals surface area (Å²) < 4.78 is 5.90. The molecular formula is C25H21ClN2O2. The zero-order valence-corrected chi connectivity index (χ0v) is 17.3. The second-order valence-corrected chi connectivity index (χ2v) is 7.48. The number of carbonyl (C=O) groups excluding carboxylic acids is 1. The number of ether oxygens (including phenoxy) is 1. The molecule has 5 heteroatoms. The first-order valence-corrected chi connectivity index (χ1v) is 10.1. The van der Waals surface area contributed by atoms with Crippen LogP contribution in [-0.4, -0.2) is 10.9 Å². The minimum absolute atomic E-state index is 0.200. The minimum atomic E-state index is -0.200. The predicted molar refractivity (Wildman–Crippen MR) is 120 cm³/mol. The number of aryl methyl sites for hydroxylation is 1. The third kappa shape index (κ3) is 4.61. The molecule has 4 rings (SSSR count). The fraction of sp³-hybridized carbons (Fsp3) is 0.120. The summed E-state index contributed by atoms with van der Waals surface area (Å²) in [6.45, 7) is 2.77. The van der Waals surface area contributed by atoms with E-state index < -0.39 is 0 Å². The lowest BCUT2D eigenvalue weighted by Gasteiger charge is -2.12. The number of halogens is 1. The van der Waals surface area contributed by atoms with Gasteiger partial charge < -0.3 is 10.1 Å². The Hall–Kier alpha value is -3.37. The maximum atomic E-state index is 13.0. The van der Waals surface area contributed by atoms with E-state index >= 15 is 0 Å². The van der Waals surface area contributed by atoms with Crippen LogP contribution in [-0.2, 0) is 13.2 Å². The first-order valence-electron chi connectivity index (χ1n) is 9.70. The molecule has 4 aromatic rings. The van der Waals surface area contributed by atoms with Gasteiger partial charge in [0.25, 0.3) is 5.91 Å². The quantitative estimate of drug-likeness (QED) is 0.438. The van der Waals surface area contributed by atoms with Gasteiger partial charge in [0.15, 0.2) is 0 Å². The third-order valence-corrected chi connectivity index (χ3v) is 5.21. The van der Waals surface area contributed by atoms with Crippen LogP contribution in [0.4, 0.5) is 0 Å². The SMILES string of the molecule is Cc1ccc(COc2cc(C(=O)NCc3ccccc3Cl)c3ccccc3n2)cc1. The monoisotopic (exact) mass is 416 g/mol. The van der Waals surface area contributed by atoms with Crippen molar-refractivity contribution < 1.29 is 9.53 Å². The van der Waals surface area contributed by atoms with Crippen molar-refractivity contribution in [3.05, 3.63) is 106 Å². The van der Waals surface area contributed by atoms with E-state index in [0.717, 1.165) is 16.5 Å². The molecule has 0 radical (unpaired) electrons. The number of benzene rings is 3. The van der Waals surface area contributed by atoms with Crippen LogP contribution in [0.1, 0.15) is 27.0 Å². The van der Waals surface area contributed by atoms with E-state index in [9.17, 15) is 4.79 Å². The largest absolute Gasteiger partial charge is 0.473 e. The molecule has 150 valence electrons. The van der Waals surface area contributed by atoms with E-state index in [-0.39, 0.29) is 5.91 Å². The van der Waals surface area contributed by atoms with Crippen LogP contribution in [0.2, 0.25) is 5.02 Å². The van der Waals surface area contributed by atoms with Gasteiger partial charge in [0.05, 0.1) is 11.1 Å². The number of para-hydroxylation sites is 1. The van der Waals surface area contributed by atoms with E-state index in [1.165, 1.54) is 5.56 Å². The maximum Gasteiger partial charge on any atom is 0.252 e. The highest BCUT2D eigenvalue weighted by Gasteiger charge is 2.14. The van der Waals surface area contributed by atoms with Crippen molar-refractivity contribution in [1.82, 2.24) is 10.3 Å². The standard InChI is InChI=1S/C25H21ClN2O2/c1-17-10-12-18(13-11-17)16-30-24-14-21(20-7-3-5-9-23(20)28-24)25(29)27-15-19-6-2-4-8-22(19)26/h2-14H,15-16H2,1H3,(H,27,29). The number of amides is 1. The van der Waals surface area contributed by atoms with Crippen LogP contribution in [0.15, 0.2) is 78.9 Å². The van der Waals surface area contributed by atoms with Gasteiger partial charge in [0.1, 0.15) is 6.61 Å². The molecular weight excluding hydrogens is 396 g/mol. The van der Waals surface area contributed by atoms with Gasteiger partial charge in [-0.1, -0.05) is 77.8 Å². The van der Waals surface area contributed by atoms with Crippen molar-refractivity contribution in [2.45, 2.75) is 20.1 Å². The molecule has 0 bridgehead atoms. The number of nitrogens with zero attached hydrogens (tertiary/aromatic N) is 1. The molecule has 1 amide bonds. The molecule has 0 aliphatic carbocycles. The zero-order valence-electron chi connectivity index (χ0n) is 16.6. The Balaban J connectivity index is 1.57. The van der Waals surface area contributed by atoms with E-state index in [0.29, 0.717) is 35.1 Å². The molecule has 1 N–H and O–H groups in total. The lowest BCUT2D eigenvalue weighted by molar-refractivity contribution is 0.0952. The average molecular weight is 417 g/mol. The van der Waals surface area contributed by atoms with Crippen molar-refractivity contribution in [1.29, 1.82) is 0 Å². The third-order valence-electron chi connectivity index (χ3n) is 4.84. The Morgan fingerprint density at radius 1 is 1.00 bits per heavy atom. The van der Waals surface area contributed by atoms with E-state index in [4.69, 9.17) is 16.3 Å². The van der Waals surface area contributed by atoms with Gasteiger partial charge in [-0.2, -0.15) is 0 Å². The fourth-order valence-corrected chi connectivity index (χ4v) is 3.37. The Bertz CT molecular complexity index is 1190. The molecule has 1 heterocycles. The maximum absolute atomic E-state index is 13.0. The second kappa shape index (κ2) is 8.97. The topological polar surface area (TPSA) is 51.2 Å². The summed E-state index contributed by atoms with van der Waals surface area (Å²) in [5.41, 5.74) is 4.33. The van der Waals surface area contributed by atoms with Crippen LogP contribution in [0.5, 0.6) is 5.88 Å². The first-order chi connectivity index (χ1) is 14.6. The smallest absolute Gasteiger partial charge is 0.252 e. The molecule has 30 heavy (non-hydrogen) atoms. The number of carbonyl (C=O) groups is 1. The van der Waals surface area contributed by atoms with Crippen molar-refractivity contribution in [3.8, 4) is 5.88 Å². The molecule has 0 aliphatic heterocycles. The normalized spacial score (nSPS) is 10.7. The Morgan fingerprint density at radius 3 is 2.53 bits per heavy atom. The molecule has 3 aromatic carbocycles. The highest BCUT2D eigenvalue weighted by atomic mass is 35.5. The van der Waals surface area contributed by atoms with Gasteiger partial charge in [-0.25, -0.2) is 4.98 Å². The molecule has 0 aliphatic rings. The Kier molecular flexibility index (Phi) is 5.96. The van der Waals surface area contributed by atoms with Crippen LogP contribution in [0.25, 0.3) is 10.9 Å². The summed E-state index contributed by atoms with van der Waals surface area (Å²) in [6, 6.07) is 24.8. The predicted octanol–water partition coefficient (Wildman–Crippen LogP) is 5.71. The van der Waals surface area contributed by atoms with Crippen molar-refractivity contribution in [2.75, 3.05) is 0 Å². The number of hydrogen-bond donors (Lipinski definition) is 1. The number of hydrogen-bond acceptors (Lipinski definition) is 3. The molecule has 1 aromatic heterocycles. The molecule has 0 saturated heterocycles. The number of pyridine rings is 1. The van der Waals surface area contributed by atoms with Gasteiger partial charge >= 0.3 is 0 Å². The molecule has 0 atom stereocenters. The van der Waals surface area contributed by atoms with E-state index in [2.05, 4.69) is 10.3 Å². The van der Waals surface area contributed by atoms with Gasteiger partial charge in [-0.15, -0.1) is 0 Å². The second-order valence-electron chi connectivity index (χ2n) is 7.07. The summed E-state index contributed by atoms with van der Waals surface area (Å²) in [4.78, 5) is 17.5. The zero-order chi connectivity index (χ0) is 20.9. The van der Waals surface area contributed by atoms with Crippen molar-refractivity contribution >= 4 is 28.4 Å². The van der Waals surface area contributed by atoms with Gasteiger partial charge in [-0.3, -0.25) is 4.79 Å². The van der Waals surface area contributed by atoms with Gasteiger partial charge in [0, 0.05) is 23.0 Å². The summed E-state index contributed by atoms with van der Waals surface area (Å²) in [7, 11) is 0. The van der Waals surface area contributed by atoms with Crippen molar-refractivity contribution in [2.24, 2.45) is 0 Å². The summed E-state index contributed by atoms with van der Waals surface area (Å²) in [5, 5.41) is 4.35. The molecule has 0 fully saturated rings. The molecule has 0 saturated carbocycles. The molecule has 4 nitrogen and oxygen atoms in total. The molecule has 0 spiro atoms. The number of nitrogens with one attached hydrogen (secondary N) is 1. The Morgan fingerprint density at radius 2 is 1.73 bits per heavy atom. The Labute approximate surface area is 180 Å². The van der Waals surface area contributed by atoms with Gasteiger partial charge in [-0.05, 0) is 30.2 Å². The summed E-state index contributed by atoms with van der Waals surface area (Å²) >= 11 is 6.20.